The van der Waals surface area contributed by atoms with E-state index in [2.05, 4.69) is 11.7 Å². The lowest BCUT2D eigenvalue weighted by Gasteiger charge is -2.07. The van der Waals surface area contributed by atoms with Gasteiger partial charge >= 0.3 is 5.97 Å². The van der Waals surface area contributed by atoms with Crippen molar-refractivity contribution in [2.24, 2.45) is 0 Å². The first-order valence-corrected chi connectivity index (χ1v) is 7.48. The standard InChI is InChI=1S/C15H30O3/c1-3-4-5-6-7-8-9-10-11-12-13-14(16)15(17)18-2/h14,16H,3-13H2,1-2H3/t14-/m1/s1. The van der Waals surface area contributed by atoms with Crippen molar-refractivity contribution in [3.8, 4) is 0 Å². The summed E-state index contributed by atoms with van der Waals surface area (Å²) in [6.45, 7) is 2.24. The van der Waals surface area contributed by atoms with Crippen molar-refractivity contribution in [1.29, 1.82) is 0 Å². The maximum absolute atomic E-state index is 10.9. The lowest BCUT2D eigenvalue weighted by molar-refractivity contribution is -0.150. The maximum Gasteiger partial charge on any atom is 0.334 e. The number of ether oxygens (including phenoxy) is 1. The van der Waals surface area contributed by atoms with E-state index in [0.29, 0.717) is 6.42 Å². The molecule has 18 heavy (non-hydrogen) atoms. The summed E-state index contributed by atoms with van der Waals surface area (Å²) in [7, 11) is 1.31. The normalized spacial score (nSPS) is 12.4. The van der Waals surface area contributed by atoms with Gasteiger partial charge < -0.3 is 9.84 Å². The van der Waals surface area contributed by atoms with E-state index in [0.717, 1.165) is 12.8 Å². The Labute approximate surface area is 112 Å². The smallest absolute Gasteiger partial charge is 0.334 e. The van der Waals surface area contributed by atoms with Gasteiger partial charge in [-0.05, 0) is 6.42 Å². The number of hydrogen-bond acceptors (Lipinski definition) is 3. The molecular weight excluding hydrogens is 228 g/mol. The molecule has 0 saturated heterocycles. The molecule has 0 aromatic carbocycles. The molecule has 0 radical (unpaired) electrons. The second-order valence-electron chi connectivity index (χ2n) is 5.01. The van der Waals surface area contributed by atoms with Crippen LogP contribution in [0.4, 0.5) is 0 Å². The van der Waals surface area contributed by atoms with Crippen LogP contribution in [-0.4, -0.2) is 24.3 Å². The topological polar surface area (TPSA) is 46.5 Å². The number of aliphatic hydroxyl groups excluding tert-OH is 1. The SMILES string of the molecule is CCCCCCCCCCCC[C@@H](O)C(=O)OC. The summed E-state index contributed by atoms with van der Waals surface area (Å²) >= 11 is 0. The maximum atomic E-state index is 10.9. The summed E-state index contributed by atoms with van der Waals surface area (Å²) in [5.41, 5.74) is 0. The van der Waals surface area contributed by atoms with Crippen molar-refractivity contribution in [2.75, 3.05) is 7.11 Å². The van der Waals surface area contributed by atoms with Gasteiger partial charge in [0.05, 0.1) is 7.11 Å². The number of rotatable bonds is 12. The van der Waals surface area contributed by atoms with Crippen molar-refractivity contribution in [3.05, 3.63) is 0 Å². The first-order valence-electron chi connectivity index (χ1n) is 7.48. The van der Waals surface area contributed by atoms with Crippen LogP contribution in [0, 0.1) is 0 Å². The average Bonchev–Trinajstić information content (AvgIpc) is 2.39. The second-order valence-corrected chi connectivity index (χ2v) is 5.01. The molecule has 3 heteroatoms. The number of aliphatic hydroxyl groups is 1. The van der Waals surface area contributed by atoms with Crippen molar-refractivity contribution in [3.63, 3.8) is 0 Å². The first-order chi connectivity index (χ1) is 8.72. The molecule has 1 N–H and O–H groups in total. The average molecular weight is 258 g/mol. The van der Waals surface area contributed by atoms with E-state index >= 15 is 0 Å². The van der Waals surface area contributed by atoms with Gasteiger partial charge in [-0.25, -0.2) is 4.79 Å². The number of esters is 1. The zero-order valence-electron chi connectivity index (χ0n) is 12.1. The molecule has 0 unspecified atom stereocenters. The molecule has 0 aromatic heterocycles. The number of carbonyl (C=O) groups is 1. The summed E-state index contributed by atoms with van der Waals surface area (Å²) in [6, 6.07) is 0. The Bertz CT molecular complexity index is 192. The van der Waals surface area contributed by atoms with Crippen LogP contribution < -0.4 is 0 Å². The molecule has 0 aliphatic rings. The highest BCUT2D eigenvalue weighted by molar-refractivity contribution is 5.74. The fourth-order valence-corrected chi connectivity index (χ4v) is 2.08. The third kappa shape index (κ3) is 10.6. The zero-order chi connectivity index (χ0) is 13.6. The Kier molecular flexibility index (Phi) is 12.5. The lowest BCUT2D eigenvalue weighted by Crippen LogP contribution is -2.21. The van der Waals surface area contributed by atoms with Crippen LogP contribution in [0.15, 0.2) is 0 Å². The molecule has 0 bridgehead atoms. The van der Waals surface area contributed by atoms with Crippen molar-refractivity contribution < 1.29 is 14.6 Å². The highest BCUT2D eigenvalue weighted by Crippen LogP contribution is 2.12. The Morgan fingerprint density at radius 1 is 0.944 bits per heavy atom. The van der Waals surface area contributed by atoms with Crippen molar-refractivity contribution in [1.82, 2.24) is 0 Å². The van der Waals surface area contributed by atoms with Crippen LogP contribution in [0.2, 0.25) is 0 Å². The largest absolute Gasteiger partial charge is 0.467 e. The molecule has 0 heterocycles. The van der Waals surface area contributed by atoms with Crippen LogP contribution in [0.1, 0.15) is 77.6 Å². The number of hydrogen-bond donors (Lipinski definition) is 1. The monoisotopic (exact) mass is 258 g/mol. The van der Waals surface area contributed by atoms with E-state index in [4.69, 9.17) is 0 Å². The summed E-state index contributed by atoms with van der Waals surface area (Å²) < 4.78 is 4.47. The third-order valence-corrected chi connectivity index (χ3v) is 3.30. The van der Waals surface area contributed by atoms with Gasteiger partial charge in [-0.3, -0.25) is 0 Å². The van der Waals surface area contributed by atoms with Gasteiger partial charge in [-0.1, -0.05) is 71.1 Å². The molecule has 3 nitrogen and oxygen atoms in total. The van der Waals surface area contributed by atoms with Gasteiger partial charge in [0, 0.05) is 0 Å². The quantitative estimate of drug-likeness (QED) is 0.427. The molecule has 0 aliphatic heterocycles. The molecule has 0 aromatic rings. The van der Waals surface area contributed by atoms with Crippen molar-refractivity contribution >= 4 is 5.97 Å². The van der Waals surface area contributed by atoms with Crippen LogP contribution in [0.3, 0.4) is 0 Å². The second kappa shape index (κ2) is 12.9. The van der Waals surface area contributed by atoms with Crippen molar-refractivity contribution in [2.45, 2.75) is 83.7 Å². The van der Waals surface area contributed by atoms with Gasteiger partial charge in [0.1, 0.15) is 0 Å². The molecule has 0 amide bonds. The Morgan fingerprint density at radius 3 is 1.83 bits per heavy atom. The van der Waals surface area contributed by atoms with E-state index in [1.54, 1.807) is 0 Å². The molecular formula is C15H30O3. The minimum absolute atomic E-state index is 0.508. The number of methoxy groups -OCH3 is 1. The summed E-state index contributed by atoms with van der Waals surface area (Å²) in [5.74, 6) is -0.508. The fraction of sp³-hybridized carbons (Fsp3) is 0.933. The molecule has 0 rings (SSSR count). The Morgan fingerprint density at radius 2 is 1.39 bits per heavy atom. The molecule has 0 saturated carbocycles. The summed E-state index contributed by atoms with van der Waals surface area (Å²) in [6.07, 6.45) is 12.2. The van der Waals surface area contributed by atoms with E-state index < -0.39 is 12.1 Å². The molecule has 0 fully saturated rings. The fourth-order valence-electron chi connectivity index (χ4n) is 2.08. The third-order valence-electron chi connectivity index (χ3n) is 3.30. The molecule has 108 valence electrons. The Balaban J connectivity index is 3.14. The zero-order valence-corrected chi connectivity index (χ0v) is 12.1. The number of carbonyl (C=O) groups excluding carboxylic acids is 1. The predicted molar refractivity (Wildman–Crippen MR) is 74.5 cm³/mol. The van der Waals surface area contributed by atoms with Crippen LogP contribution in [0.25, 0.3) is 0 Å². The van der Waals surface area contributed by atoms with Crippen LogP contribution in [-0.2, 0) is 9.53 Å². The van der Waals surface area contributed by atoms with Gasteiger partial charge in [-0.15, -0.1) is 0 Å². The first kappa shape index (κ1) is 17.4. The van der Waals surface area contributed by atoms with Crippen LogP contribution in [0.5, 0.6) is 0 Å². The minimum Gasteiger partial charge on any atom is -0.467 e. The van der Waals surface area contributed by atoms with Crippen LogP contribution >= 0.6 is 0 Å². The highest BCUT2D eigenvalue weighted by atomic mass is 16.5. The van der Waals surface area contributed by atoms with Gasteiger partial charge in [0.15, 0.2) is 6.10 Å². The summed E-state index contributed by atoms with van der Waals surface area (Å²) in [5, 5.41) is 9.37. The molecule has 0 spiro atoms. The van der Waals surface area contributed by atoms with Gasteiger partial charge in [-0.2, -0.15) is 0 Å². The lowest BCUT2D eigenvalue weighted by atomic mass is 10.0. The summed E-state index contributed by atoms with van der Waals surface area (Å²) in [4.78, 5) is 10.9. The van der Waals surface area contributed by atoms with E-state index in [9.17, 15) is 9.90 Å². The molecule has 1 atom stereocenters. The Hall–Kier alpha value is -0.570. The number of unbranched alkanes of at least 4 members (excludes halogenated alkanes) is 9. The predicted octanol–water partition coefficient (Wildman–Crippen LogP) is 3.83. The minimum atomic E-state index is -0.927. The van der Waals surface area contributed by atoms with E-state index in [-0.39, 0.29) is 0 Å². The van der Waals surface area contributed by atoms with E-state index in [1.807, 2.05) is 0 Å². The highest BCUT2D eigenvalue weighted by Gasteiger charge is 2.13. The molecule has 0 aliphatic carbocycles. The van der Waals surface area contributed by atoms with Gasteiger partial charge in [0.2, 0.25) is 0 Å². The van der Waals surface area contributed by atoms with E-state index in [1.165, 1.54) is 58.5 Å². The van der Waals surface area contributed by atoms with Gasteiger partial charge in [0.25, 0.3) is 0 Å².